The van der Waals surface area contributed by atoms with E-state index in [0.717, 1.165) is 55.6 Å². The van der Waals surface area contributed by atoms with Gasteiger partial charge in [-0.05, 0) is 44.7 Å². The van der Waals surface area contributed by atoms with Gasteiger partial charge in [0.1, 0.15) is 28.7 Å². The van der Waals surface area contributed by atoms with Crippen LogP contribution in [0.1, 0.15) is 49.1 Å². The van der Waals surface area contributed by atoms with Crippen LogP contribution in [0, 0.1) is 11.8 Å². The molecule has 1 amide bonds. The summed E-state index contributed by atoms with van der Waals surface area (Å²) in [5.74, 6) is -2.21. The number of rotatable bonds is 10. The summed E-state index contributed by atoms with van der Waals surface area (Å²) in [6.45, 7) is 6.34. The molecule has 0 aromatic carbocycles. The molecule has 0 atom stereocenters. The third kappa shape index (κ3) is 7.46. The molecular formula is C30H34F2N8O5S. The van der Waals surface area contributed by atoms with Gasteiger partial charge in [0.2, 0.25) is 5.95 Å². The van der Waals surface area contributed by atoms with Crippen LogP contribution in [0.5, 0.6) is 0 Å². The number of thiazole rings is 1. The molecule has 1 saturated carbocycles. The summed E-state index contributed by atoms with van der Waals surface area (Å²) in [4.78, 5) is 36.1. The Morgan fingerprint density at radius 1 is 1.09 bits per heavy atom. The van der Waals surface area contributed by atoms with E-state index >= 15 is 0 Å². The fourth-order valence-corrected chi connectivity index (χ4v) is 6.30. The smallest absolute Gasteiger partial charge is 0.434 e. The average Bonchev–Trinajstić information content (AvgIpc) is 3.84. The second kappa shape index (κ2) is 14.5. The SMILES string of the molecule is CCO[C@H]1CC[C@H](n2cc(NC(=O)c3csc(-c4cnn(C(=O)OCCN5CCOCC5)c4)n3)c(-c3nc(F)ccc3F)n2)CC1. The standard InChI is InChI=1S/C30H34F2N8O5S/c1-2-44-21-5-3-20(4-6-21)39-17-23(27(37-39)26-22(31)7-8-25(32)36-26)34-28(41)24-18-46-29(35-24)19-15-33-40(16-19)30(42)45-14-11-38-9-12-43-13-10-38/h7-8,15-18,20-21H,2-6,9-14H2,1H3,(H,34,41)/t20-,21-. The number of aromatic nitrogens is 6. The van der Waals surface area contributed by atoms with Crippen LogP contribution in [0.2, 0.25) is 0 Å². The molecule has 5 heterocycles. The molecule has 1 N–H and O–H groups in total. The van der Waals surface area contributed by atoms with Gasteiger partial charge in [-0.15, -0.1) is 11.3 Å². The highest BCUT2D eigenvalue weighted by molar-refractivity contribution is 7.13. The number of carbonyl (C=O) groups is 2. The summed E-state index contributed by atoms with van der Waals surface area (Å²) in [5, 5.41) is 13.4. The first kappa shape index (κ1) is 31.8. The Labute approximate surface area is 267 Å². The monoisotopic (exact) mass is 656 g/mol. The van der Waals surface area contributed by atoms with Crippen molar-refractivity contribution < 1.29 is 32.6 Å². The van der Waals surface area contributed by atoms with Crippen molar-refractivity contribution in [2.24, 2.45) is 0 Å². The van der Waals surface area contributed by atoms with Gasteiger partial charge in [0.25, 0.3) is 5.91 Å². The van der Waals surface area contributed by atoms with Crippen LogP contribution in [-0.2, 0) is 14.2 Å². The van der Waals surface area contributed by atoms with E-state index in [1.807, 2.05) is 6.92 Å². The van der Waals surface area contributed by atoms with E-state index in [1.54, 1.807) is 16.3 Å². The molecule has 13 nitrogen and oxygen atoms in total. The quantitative estimate of drug-likeness (QED) is 0.241. The molecule has 2 fully saturated rings. The number of pyridine rings is 1. The van der Waals surface area contributed by atoms with Gasteiger partial charge in [-0.1, -0.05) is 0 Å². The summed E-state index contributed by atoms with van der Waals surface area (Å²) in [6, 6.07) is 1.89. The van der Waals surface area contributed by atoms with Gasteiger partial charge in [0, 0.05) is 49.6 Å². The fourth-order valence-electron chi connectivity index (χ4n) is 5.52. The van der Waals surface area contributed by atoms with Crippen LogP contribution in [0.4, 0.5) is 19.3 Å². The lowest BCUT2D eigenvalue weighted by atomic mass is 9.93. The molecule has 1 aliphatic heterocycles. The molecule has 0 unspecified atom stereocenters. The highest BCUT2D eigenvalue weighted by Crippen LogP contribution is 2.34. The zero-order chi connectivity index (χ0) is 32.0. The van der Waals surface area contributed by atoms with Crippen molar-refractivity contribution in [3.05, 3.63) is 53.6 Å². The van der Waals surface area contributed by atoms with Crippen LogP contribution >= 0.6 is 11.3 Å². The van der Waals surface area contributed by atoms with Crippen molar-refractivity contribution in [3.63, 3.8) is 0 Å². The molecule has 1 saturated heterocycles. The van der Waals surface area contributed by atoms with Gasteiger partial charge in [0.05, 0.1) is 37.2 Å². The molecule has 6 rings (SSSR count). The molecule has 0 radical (unpaired) electrons. The van der Waals surface area contributed by atoms with Gasteiger partial charge in [-0.2, -0.15) is 19.3 Å². The minimum atomic E-state index is -0.869. The topological polar surface area (TPSA) is 139 Å². The number of hydrogen-bond acceptors (Lipinski definition) is 11. The summed E-state index contributed by atoms with van der Waals surface area (Å²) in [5.41, 5.74) is 0.498. The van der Waals surface area contributed by atoms with Crippen LogP contribution in [0.25, 0.3) is 22.0 Å². The van der Waals surface area contributed by atoms with Gasteiger partial charge < -0.3 is 19.5 Å². The first-order valence-electron chi connectivity index (χ1n) is 15.2. The average molecular weight is 657 g/mol. The Bertz CT molecular complexity index is 1660. The van der Waals surface area contributed by atoms with Gasteiger partial charge >= 0.3 is 6.09 Å². The molecule has 4 aromatic heterocycles. The number of nitrogens with one attached hydrogen (secondary N) is 1. The third-order valence-corrected chi connectivity index (χ3v) is 8.82. The van der Waals surface area contributed by atoms with Crippen molar-refractivity contribution in [2.75, 3.05) is 51.4 Å². The van der Waals surface area contributed by atoms with E-state index in [-0.39, 0.29) is 41.5 Å². The minimum absolute atomic E-state index is 0.00815. The fraction of sp³-hybridized carbons (Fsp3) is 0.467. The normalized spacial score (nSPS) is 18.8. The number of nitrogens with zero attached hydrogens (tertiary/aromatic N) is 7. The number of hydrogen-bond donors (Lipinski definition) is 1. The predicted octanol–water partition coefficient (Wildman–Crippen LogP) is 4.63. The Morgan fingerprint density at radius 3 is 2.67 bits per heavy atom. The molecule has 46 heavy (non-hydrogen) atoms. The highest BCUT2D eigenvalue weighted by Gasteiger charge is 2.27. The number of morpholine rings is 1. The zero-order valence-corrected chi connectivity index (χ0v) is 26.0. The van der Waals surface area contributed by atoms with E-state index in [1.165, 1.54) is 23.7 Å². The van der Waals surface area contributed by atoms with E-state index in [9.17, 15) is 18.4 Å². The Kier molecular flexibility index (Phi) is 10.1. The van der Waals surface area contributed by atoms with E-state index in [2.05, 4.69) is 30.4 Å². The van der Waals surface area contributed by atoms with Crippen LogP contribution < -0.4 is 5.32 Å². The lowest BCUT2D eigenvalue weighted by molar-refractivity contribution is 0.0260. The molecule has 16 heteroatoms. The second-order valence-corrected chi connectivity index (χ2v) is 11.8. The number of anilines is 1. The van der Waals surface area contributed by atoms with Gasteiger partial charge in [-0.3, -0.25) is 14.4 Å². The molecule has 4 aromatic rings. The first-order chi connectivity index (χ1) is 22.4. The molecule has 0 bridgehead atoms. The minimum Gasteiger partial charge on any atom is -0.447 e. The Balaban J connectivity index is 1.14. The number of ether oxygens (including phenoxy) is 3. The number of halogens is 2. The maximum atomic E-state index is 14.8. The Hall–Kier alpha value is -4.12. The maximum absolute atomic E-state index is 14.8. The van der Waals surface area contributed by atoms with Crippen molar-refractivity contribution in [3.8, 4) is 22.0 Å². The summed E-state index contributed by atoms with van der Waals surface area (Å²) in [6.07, 6.45) is 7.36. The van der Waals surface area contributed by atoms with Crippen LogP contribution in [0.3, 0.4) is 0 Å². The van der Waals surface area contributed by atoms with E-state index in [4.69, 9.17) is 14.2 Å². The number of amides is 1. The maximum Gasteiger partial charge on any atom is 0.434 e. The lowest BCUT2D eigenvalue weighted by Crippen LogP contribution is -2.38. The van der Waals surface area contributed by atoms with Gasteiger partial charge in [0.15, 0.2) is 5.82 Å². The van der Waals surface area contributed by atoms with Crippen LogP contribution in [-0.4, -0.2) is 98.6 Å². The van der Waals surface area contributed by atoms with E-state index < -0.39 is 23.8 Å². The predicted molar refractivity (Wildman–Crippen MR) is 164 cm³/mol. The molecular weight excluding hydrogens is 622 g/mol. The Morgan fingerprint density at radius 2 is 1.89 bits per heavy atom. The van der Waals surface area contributed by atoms with Crippen molar-refractivity contribution in [1.82, 2.24) is 34.4 Å². The highest BCUT2D eigenvalue weighted by atomic mass is 32.1. The zero-order valence-electron chi connectivity index (χ0n) is 25.2. The van der Waals surface area contributed by atoms with Gasteiger partial charge in [-0.25, -0.2) is 19.2 Å². The summed E-state index contributed by atoms with van der Waals surface area (Å²) in [7, 11) is 0. The number of carbonyl (C=O) groups excluding carboxylic acids is 2. The van der Waals surface area contributed by atoms with Crippen LogP contribution in [0.15, 0.2) is 36.1 Å². The molecule has 0 spiro atoms. The molecule has 2 aliphatic rings. The lowest BCUT2D eigenvalue weighted by Gasteiger charge is -2.28. The molecule has 244 valence electrons. The van der Waals surface area contributed by atoms with Crippen molar-refractivity contribution in [1.29, 1.82) is 0 Å². The second-order valence-electron chi connectivity index (χ2n) is 11.0. The third-order valence-electron chi connectivity index (χ3n) is 7.93. The molecule has 1 aliphatic carbocycles. The largest absolute Gasteiger partial charge is 0.447 e. The first-order valence-corrected chi connectivity index (χ1v) is 16.1. The van der Waals surface area contributed by atoms with Crippen molar-refractivity contribution >= 4 is 29.0 Å². The summed E-state index contributed by atoms with van der Waals surface area (Å²) >= 11 is 1.19. The van der Waals surface area contributed by atoms with E-state index in [0.29, 0.717) is 36.9 Å². The van der Waals surface area contributed by atoms with Crippen molar-refractivity contribution in [2.45, 2.75) is 44.8 Å². The summed E-state index contributed by atoms with van der Waals surface area (Å²) < 4.78 is 48.1.